The highest BCUT2D eigenvalue weighted by atomic mass is 35.5. The summed E-state index contributed by atoms with van der Waals surface area (Å²) in [6, 6.07) is 23.8. The molecular weight excluding hydrogens is 1130 g/mol. The second kappa shape index (κ2) is 33.1. The van der Waals surface area contributed by atoms with Gasteiger partial charge in [-0.1, -0.05) is 82.8 Å². The second-order valence-electron chi connectivity index (χ2n) is 20.1. The van der Waals surface area contributed by atoms with Crippen molar-refractivity contribution in [2.24, 2.45) is 0 Å². The van der Waals surface area contributed by atoms with E-state index >= 15 is 0 Å². The van der Waals surface area contributed by atoms with Crippen LogP contribution in [0.1, 0.15) is 69.7 Å². The maximum absolute atomic E-state index is 12.1. The Bertz CT molecular complexity index is 2780. The van der Waals surface area contributed by atoms with Crippen molar-refractivity contribution < 1.29 is 38.0 Å². The number of unbranched alkanes of at least 4 members (excludes halogenated alkanes) is 1. The summed E-state index contributed by atoms with van der Waals surface area (Å²) in [6.07, 6.45) is 2.58. The van der Waals surface area contributed by atoms with E-state index in [0.717, 1.165) is 82.3 Å². The molecule has 24 heteroatoms. The molecule has 0 aliphatic carbocycles. The molecule has 4 heterocycles. The molecule has 0 saturated heterocycles. The van der Waals surface area contributed by atoms with Crippen molar-refractivity contribution in [3.8, 4) is 22.8 Å². The Hall–Kier alpha value is -5.46. The number of carbonyl (C=O) groups is 2. The van der Waals surface area contributed by atoms with Crippen molar-refractivity contribution in [1.29, 1.82) is 0 Å². The third-order valence-corrected chi connectivity index (χ3v) is 14.9. The molecule has 82 heavy (non-hydrogen) atoms. The van der Waals surface area contributed by atoms with Gasteiger partial charge in [-0.05, 0) is 96.7 Å². The van der Waals surface area contributed by atoms with Crippen LogP contribution in [0.2, 0.25) is 20.1 Å². The first-order chi connectivity index (χ1) is 40.0. The van der Waals surface area contributed by atoms with E-state index in [2.05, 4.69) is 89.8 Å². The molecular formula is C58H74Cl4N12O8. The molecule has 0 fully saturated rings. The standard InChI is InChI=1S/C58H74Cl4N12O8/c1-73-35-47(45-31-43(59)33-51(61)49(45)37-73)39-7-5-9-41(29-39)55-67-53(69-71-55)11-17-77-21-25-81-27-23-79-19-15-65-57(75)63-13-3-4-14-64-58(76)66-16-20-80-24-28-82-26-22-78-18-12-54-68-56(72-70-54)42-10-6-8-40(30-42)48-36-74(2)38-50-46(48)32-44(60)34-52(50)62/h5-10,29-34,47-48H,3-4,11-28,35-38H2,1-2H3,(H2,63,65,75)(H2,64,66,76)(H,67,69,71)(H,68,70,72)/t47-,48-/m0/s1. The van der Waals surface area contributed by atoms with Gasteiger partial charge < -0.3 is 59.5 Å². The van der Waals surface area contributed by atoms with Gasteiger partial charge in [0.05, 0.1) is 79.3 Å². The Morgan fingerprint density at radius 3 is 1.30 bits per heavy atom. The first-order valence-electron chi connectivity index (χ1n) is 27.8. The van der Waals surface area contributed by atoms with Gasteiger partial charge in [0.2, 0.25) is 0 Å². The van der Waals surface area contributed by atoms with Crippen LogP contribution in [0.3, 0.4) is 0 Å². The zero-order valence-corrected chi connectivity index (χ0v) is 49.5. The molecule has 0 spiro atoms. The highest BCUT2D eigenvalue weighted by Crippen LogP contribution is 2.41. The molecule has 2 atom stereocenters. The summed E-state index contributed by atoms with van der Waals surface area (Å²) in [6.45, 7) is 9.96. The van der Waals surface area contributed by atoms with E-state index in [1.54, 1.807) is 0 Å². The first-order valence-corrected chi connectivity index (χ1v) is 29.3. The van der Waals surface area contributed by atoms with Gasteiger partial charge in [0.15, 0.2) is 11.6 Å². The van der Waals surface area contributed by atoms with E-state index in [1.807, 2.05) is 48.5 Å². The molecule has 0 unspecified atom stereocenters. The average Bonchev–Trinajstić information content (AvgIpc) is 3.71. The summed E-state index contributed by atoms with van der Waals surface area (Å²) in [5.41, 5.74) is 8.71. The second-order valence-corrected chi connectivity index (χ2v) is 21.8. The number of aromatic nitrogens is 6. The van der Waals surface area contributed by atoms with Crippen LogP contribution in [0.4, 0.5) is 9.59 Å². The maximum atomic E-state index is 12.1. The molecule has 2 aliphatic rings. The van der Waals surface area contributed by atoms with E-state index < -0.39 is 0 Å². The quantitative estimate of drug-likeness (QED) is 0.0213. The van der Waals surface area contributed by atoms with Crippen molar-refractivity contribution in [1.82, 2.24) is 61.4 Å². The van der Waals surface area contributed by atoms with Gasteiger partial charge in [0.25, 0.3) is 0 Å². The van der Waals surface area contributed by atoms with Gasteiger partial charge in [-0.3, -0.25) is 10.2 Å². The summed E-state index contributed by atoms with van der Waals surface area (Å²) in [4.78, 5) is 38.2. The highest BCUT2D eigenvalue weighted by Gasteiger charge is 2.29. The molecule has 2 aromatic heterocycles. The van der Waals surface area contributed by atoms with Crippen molar-refractivity contribution in [2.75, 3.05) is 133 Å². The molecule has 0 bridgehead atoms. The lowest BCUT2D eigenvalue weighted by atomic mass is 9.84. The number of nitrogens with one attached hydrogen (secondary N) is 6. The van der Waals surface area contributed by atoms with E-state index in [9.17, 15) is 9.59 Å². The smallest absolute Gasteiger partial charge is 0.314 e. The van der Waals surface area contributed by atoms with Crippen molar-refractivity contribution in [2.45, 2.75) is 50.6 Å². The number of halogens is 4. The largest absolute Gasteiger partial charge is 0.379 e. The maximum Gasteiger partial charge on any atom is 0.314 e. The Balaban J connectivity index is 0.549. The molecule has 8 rings (SSSR count). The van der Waals surface area contributed by atoms with Crippen molar-refractivity contribution in [3.63, 3.8) is 0 Å². The average molecular weight is 1210 g/mol. The van der Waals surface area contributed by atoms with Crippen LogP contribution >= 0.6 is 46.4 Å². The molecule has 20 nitrogen and oxygen atoms in total. The van der Waals surface area contributed by atoms with Crippen LogP contribution in [0, 0.1) is 0 Å². The molecule has 6 aromatic rings. The van der Waals surface area contributed by atoms with Gasteiger partial charge in [0, 0.05) is 108 Å². The van der Waals surface area contributed by atoms with E-state index in [-0.39, 0.29) is 23.9 Å². The van der Waals surface area contributed by atoms with Crippen molar-refractivity contribution >= 4 is 58.5 Å². The first kappa shape index (κ1) is 62.6. The van der Waals surface area contributed by atoms with Crippen LogP contribution in [0.5, 0.6) is 0 Å². The Kier molecular flexibility index (Phi) is 25.3. The topological polar surface area (TPSA) is 227 Å². The summed E-state index contributed by atoms with van der Waals surface area (Å²) in [5, 5.41) is 28.9. The number of benzene rings is 4. The zero-order valence-electron chi connectivity index (χ0n) is 46.5. The lowest BCUT2D eigenvalue weighted by molar-refractivity contribution is 0.0157. The normalized spacial score (nSPS) is 15.3. The summed E-state index contributed by atoms with van der Waals surface area (Å²) >= 11 is 26.0. The number of aromatic amines is 2. The number of amides is 4. The van der Waals surface area contributed by atoms with Crippen LogP contribution in [-0.2, 0) is 54.4 Å². The summed E-state index contributed by atoms with van der Waals surface area (Å²) in [5.74, 6) is 2.99. The number of H-pyrrole nitrogens is 2. The third kappa shape index (κ3) is 19.6. The fourth-order valence-corrected chi connectivity index (χ4v) is 10.9. The van der Waals surface area contributed by atoms with Crippen molar-refractivity contribution in [3.05, 3.63) is 138 Å². The number of ether oxygens (including phenoxy) is 6. The fourth-order valence-electron chi connectivity index (χ4n) is 9.80. The van der Waals surface area contributed by atoms with Crippen LogP contribution in [0.25, 0.3) is 22.8 Å². The molecule has 0 saturated carbocycles. The molecule has 0 radical (unpaired) electrons. The number of urea groups is 2. The Labute approximate surface area is 499 Å². The zero-order chi connectivity index (χ0) is 57.5. The minimum Gasteiger partial charge on any atom is -0.379 e. The van der Waals surface area contributed by atoms with Gasteiger partial charge in [-0.15, -0.1) is 0 Å². The van der Waals surface area contributed by atoms with E-state index in [0.29, 0.717) is 163 Å². The Morgan fingerprint density at radius 1 is 0.512 bits per heavy atom. The van der Waals surface area contributed by atoms with Gasteiger partial charge in [-0.25, -0.2) is 19.6 Å². The number of carbonyl (C=O) groups excluding carboxylic acids is 2. The van der Waals surface area contributed by atoms with Gasteiger partial charge in [-0.2, -0.15) is 10.2 Å². The minimum atomic E-state index is -0.273. The van der Waals surface area contributed by atoms with Crippen LogP contribution < -0.4 is 21.3 Å². The number of hydrogen-bond donors (Lipinski definition) is 6. The molecule has 2 aliphatic heterocycles. The summed E-state index contributed by atoms with van der Waals surface area (Å²) in [7, 11) is 4.20. The fraction of sp³-hybridized carbons (Fsp3) is 0.483. The number of hydrogen-bond acceptors (Lipinski definition) is 14. The molecule has 442 valence electrons. The Morgan fingerprint density at radius 2 is 0.890 bits per heavy atom. The number of likely N-dealkylation sites (N-methyl/N-ethyl adjacent to an activating group) is 2. The lowest BCUT2D eigenvalue weighted by Crippen LogP contribution is -2.39. The van der Waals surface area contributed by atoms with Gasteiger partial charge in [0.1, 0.15) is 11.6 Å². The number of fused-ring (bicyclic) bond motifs is 2. The number of nitrogens with zero attached hydrogens (tertiary/aromatic N) is 6. The number of rotatable bonds is 33. The van der Waals surface area contributed by atoms with E-state index in [1.165, 1.54) is 0 Å². The monoisotopic (exact) mass is 1210 g/mol. The predicted octanol–water partition coefficient (Wildman–Crippen LogP) is 8.29. The van der Waals surface area contributed by atoms with Crippen LogP contribution in [0.15, 0.2) is 72.8 Å². The van der Waals surface area contributed by atoms with Crippen LogP contribution in [-0.4, -0.2) is 185 Å². The minimum absolute atomic E-state index is 0.123. The third-order valence-electron chi connectivity index (χ3n) is 13.8. The molecule has 6 N–H and O–H groups in total. The SMILES string of the molecule is CN1Cc2c(Cl)cc(Cl)cc2[C@H](c2cccc(-c3n[nH]c(CCOCCOCCOCCNC(=O)NCCCCNC(=O)NCCOCCOCCOCCc4nc(-c5cccc([C@@H]6CN(C)Cc7c(Cl)cc(Cl)cc76)c5)n[nH]4)n3)c2)C1. The van der Waals surface area contributed by atoms with E-state index in [4.69, 9.17) is 84.8 Å². The highest BCUT2D eigenvalue weighted by molar-refractivity contribution is 6.35. The van der Waals surface area contributed by atoms with Gasteiger partial charge >= 0.3 is 12.1 Å². The lowest BCUT2D eigenvalue weighted by Gasteiger charge is -2.33. The molecule has 4 amide bonds. The summed E-state index contributed by atoms with van der Waals surface area (Å²) < 4.78 is 33.8. The predicted molar refractivity (Wildman–Crippen MR) is 317 cm³/mol. The molecule has 4 aromatic carbocycles.